The first kappa shape index (κ1) is 15.8. The molecule has 124 valence electrons. The summed E-state index contributed by atoms with van der Waals surface area (Å²) in [5.74, 6) is 0. The molecule has 2 aromatic carbocycles. The predicted molar refractivity (Wildman–Crippen MR) is 103 cm³/mol. The highest BCUT2D eigenvalue weighted by molar-refractivity contribution is 7.17. The van der Waals surface area contributed by atoms with Crippen molar-refractivity contribution in [2.75, 3.05) is 0 Å². The number of carbonyl (C=O) groups excluding carboxylic acids is 1. The van der Waals surface area contributed by atoms with E-state index in [0.29, 0.717) is 5.69 Å². The van der Waals surface area contributed by atoms with Crippen molar-refractivity contribution in [3.05, 3.63) is 70.7 Å². The molecular formula is C21H18N2OS. The van der Waals surface area contributed by atoms with Crippen molar-refractivity contribution in [1.82, 2.24) is 9.38 Å². The lowest BCUT2D eigenvalue weighted by atomic mass is 10.1. The van der Waals surface area contributed by atoms with Gasteiger partial charge in [-0.25, -0.2) is 4.98 Å². The number of hydrogen-bond acceptors (Lipinski definition) is 3. The fourth-order valence-electron chi connectivity index (χ4n) is 3.19. The molecule has 4 heteroatoms. The molecular weight excluding hydrogens is 328 g/mol. The van der Waals surface area contributed by atoms with Gasteiger partial charge in [0.2, 0.25) is 0 Å². The van der Waals surface area contributed by atoms with Crippen LogP contribution in [0.3, 0.4) is 0 Å². The SMILES string of the molecule is CCc1ccc(-c2c(C)sc3nc(-c4ccccc4)c(C=O)n23)cc1. The number of nitrogens with zero attached hydrogens (tertiary/aromatic N) is 2. The lowest BCUT2D eigenvalue weighted by molar-refractivity contribution is 0.111. The Hall–Kier alpha value is -2.72. The molecule has 0 aliphatic heterocycles. The largest absolute Gasteiger partial charge is 0.296 e. The van der Waals surface area contributed by atoms with Gasteiger partial charge in [0.15, 0.2) is 11.2 Å². The third-order valence-electron chi connectivity index (χ3n) is 4.48. The summed E-state index contributed by atoms with van der Waals surface area (Å²) in [7, 11) is 0. The summed E-state index contributed by atoms with van der Waals surface area (Å²) in [5, 5.41) is 0. The lowest BCUT2D eigenvalue weighted by Gasteiger charge is -2.06. The number of rotatable bonds is 4. The Morgan fingerprint density at radius 1 is 1.04 bits per heavy atom. The van der Waals surface area contributed by atoms with Gasteiger partial charge in [0, 0.05) is 10.4 Å². The van der Waals surface area contributed by atoms with E-state index in [1.807, 2.05) is 34.7 Å². The maximum Gasteiger partial charge on any atom is 0.195 e. The van der Waals surface area contributed by atoms with E-state index in [9.17, 15) is 4.79 Å². The normalized spacial score (nSPS) is 11.1. The van der Waals surface area contributed by atoms with E-state index in [1.54, 1.807) is 11.3 Å². The first-order valence-corrected chi connectivity index (χ1v) is 9.16. The maximum absolute atomic E-state index is 11.9. The van der Waals surface area contributed by atoms with Crippen LogP contribution in [0.15, 0.2) is 54.6 Å². The van der Waals surface area contributed by atoms with Gasteiger partial charge in [-0.2, -0.15) is 0 Å². The second-order valence-electron chi connectivity index (χ2n) is 6.00. The minimum Gasteiger partial charge on any atom is -0.296 e. The minimum atomic E-state index is 0.611. The summed E-state index contributed by atoms with van der Waals surface area (Å²) in [6.07, 6.45) is 1.93. The average Bonchev–Trinajstić information content (AvgIpc) is 3.16. The van der Waals surface area contributed by atoms with Gasteiger partial charge in [-0.05, 0) is 24.5 Å². The minimum absolute atomic E-state index is 0.611. The van der Waals surface area contributed by atoms with Gasteiger partial charge in [-0.15, -0.1) is 11.3 Å². The van der Waals surface area contributed by atoms with E-state index in [0.717, 1.165) is 45.1 Å². The second kappa shape index (κ2) is 6.30. The van der Waals surface area contributed by atoms with Crippen LogP contribution in [0, 0.1) is 6.92 Å². The third kappa shape index (κ3) is 2.59. The van der Waals surface area contributed by atoms with Crippen LogP contribution in [-0.4, -0.2) is 15.7 Å². The first-order valence-electron chi connectivity index (χ1n) is 8.34. The molecule has 0 saturated carbocycles. The summed E-state index contributed by atoms with van der Waals surface area (Å²) in [6, 6.07) is 18.4. The number of hydrogen-bond donors (Lipinski definition) is 0. The van der Waals surface area contributed by atoms with E-state index in [2.05, 4.69) is 38.1 Å². The van der Waals surface area contributed by atoms with Crippen molar-refractivity contribution in [3.8, 4) is 22.5 Å². The molecule has 0 fully saturated rings. The summed E-state index contributed by atoms with van der Waals surface area (Å²) < 4.78 is 2.00. The van der Waals surface area contributed by atoms with Crippen molar-refractivity contribution < 1.29 is 4.79 Å². The molecule has 2 aromatic heterocycles. The van der Waals surface area contributed by atoms with E-state index in [1.165, 1.54) is 5.56 Å². The molecule has 0 radical (unpaired) electrons. The van der Waals surface area contributed by atoms with Gasteiger partial charge < -0.3 is 0 Å². The number of aldehydes is 1. The summed E-state index contributed by atoms with van der Waals surface area (Å²) >= 11 is 1.62. The van der Waals surface area contributed by atoms with E-state index in [4.69, 9.17) is 4.98 Å². The van der Waals surface area contributed by atoms with E-state index in [-0.39, 0.29) is 0 Å². The average molecular weight is 346 g/mol. The van der Waals surface area contributed by atoms with Crippen LogP contribution in [0.1, 0.15) is 27.9 Å². The summed E-state index contributed by atoms with van der Waals surface area (Å²) in [4.78, 5) is 18.7. The molecule has 0 saturated heterocycles. The first-order chi connectivity index (χ1) is 12.2. The summed E-state index contributed by atoms with van der Waals surface area (Å²) in [6.45, 7) is 4.23. The molecule has 3 nitrogen and oxygen atoms in total. The number of carbonyl (C=O) groups is 1. The smallest absolute Gasteiger partial charge is 0.195 e. The van der Waals surface area contributed by atoms with Crippen molar-refractivity contribution in [1.29, 1.82) is 0 Å². The van der Waals surface area contributed by atoms with E-state index >= 15 is 0 Å². The van der Waals surface area contributed by atoms with Crippen LogP contribution in [-0.2, 0) is 6.42 Å². The Balaban J connectivity index is 1.97. The van der Waals surface area contributed by atoms with Gasteiger partial charge in [0.25, 0.3) is 0 Å². The fraction of sp³-hybridized carbons (Fsp3) is 0.143. The molecule has 2 heterocycles. The van der Waals surface area contributed by atoms with E-state index < -0.39 is 0 Å². The number of aryl methyl sites for hydroxylation is 2. The van der Waals surface area contributed by atoms with Crippen LogP contribution >= 0.6 is 11.3 Å². The van der Waals surface area contributed by atoms with Gasteiger partial charge in [-0.3, -0.25) is 9.20 Å². The van der Waals surface area contributed by atoms with Crippen LogP contribution in [0.25, 0.3) is 27.5 Å². The highest BCUT2D eigenvalue weighted by Gasteiger charge is 2.20. The number of fused-ring (bicyclic) bond motifs is 1. The topological polar surface area (TPSA) is 34.4 Å². The highest BCUT2D eigenvalue weighted by atomic mass is 32.1. The molecule has 0 unspecified atom stereocenters. The second-order valence-corrected chi connectivity index (χ2v) is 7.19. The number of aromatic nitrogens is 2. The number of benzene rings is 2. The highest BCUT2D eigenvalue weighted by Crippen LogP contribution is 2.35. The number of thiazole rings is 1. The van der Waals surface area contributed by atoms with Crippen molar-refractivity contribution >= 4 is 22.6 Å². The standard InChI is InChI=1S/C21H18N2OS/c1-3-15-9-11-17(12-10-15)20-14(2)25-21-22-19(18(13-24)23(20)21)16-7-5-4-6-8-16/h4-13H,3H2,1-2H3. The van der Waals surface area contributed by atoms with Gasteiger partial charge in [-0.1, -0.05) is 61.5 Å². The fourth-order valence-corrected chi connectivity index (χ4v) is 4.18. The zero-order valence-corrected chi connectivity index (χ0v) is 15.0. The molecule has 25 heavy (non-hydrogen) atoms. The molecule has 0 amide bonds. The van der Waals surface area contributed by atoms with Crippen molar-refractivity contribution in [2.24, 2.45) is 0 Å². The Morgan fingerprint density at radius 2 is 1.76 bits per heavy atom. The monoisotopic (exact) mass is 346 g/mol. The predicted octanol–water partition coefficient (Wildman–Crippen LogP) is 5.41. The molecule has 4 aromatic rings. The van der Waals surface area contributed by atoms with Crippen molar-refractivity contribution in [3.63, 3.8) is 0 Å². The van der Waals surface area contributed by atoms with Crippen LogP contribution < -0.4 is 0 Å². The molecule has 0 spiro atoms. The molecule has 0 N–H and O–H groups in total. The Labute approximate surface area is 150 Å². The molecule has 4 rings (SSSR count). The third-order valence-corrected chi connectivity index (χ3v) is 5.43. The Morgan fingerprint density at radius 3 is 2.40 bits per heavy atom. The Kier molecular flexibility index (Phi) is 3.98. The lowest BCUT2D eigenvalue weighted by Crippen LogP contribution is -1.95. The van der Waals surface area contributed by atoms with Gasteiger partial charge in [0.05, 0.1) is 5.69 Å². The Bertz CT molecular complexity index is 1040. The maximum atomic E-state index is 11.9. The van der Waals surface area contributed by atoms with Gasteiger partial charge in [0.1, 0.15) is 11.4 Å². The van der Waals surface area contributed by atoms with Crippen LogP contribution in [0.2, 0.25) is 0 Å². The number of imidazole rings is 1. The van der Waals surface area contributed by atoms with Crippen LogP contribution in [0.4, 0.5) is 0 Å². The summed E-state index contributed by atoms with van der Waals surface area (Å²) in [5.41, 5.74) is 5.79. The molecule has 0 bridgehead atoms. The molecule has 0 atom stereocenters. The van der Waals surface area contributed by atoms with Crippen LogP contribution in [0.5, 0.6) is 0 Å². The molecule has 0 aliphatic rings. The van der Waals surface area contributed by atoms with Crippen molar-refractivity contribution in [2.45, 2.75) is 20.3 Å². The zero-order valence-electron chi connectivity index (χ0n) is 14.2. The quantitative estimate of drug-likeness (QED) is 0.463. The van der Waals surface area contributed by atoms with Gasteiger partial charge >= 0.3 is 0 Å². The molecule has 0 aliphatic carbocycles. The zero-order chi connectivity index (χ0) is 17.4.